The average molecular weight is 499 g/mol. The van der Waals surface area contributed by atoms with Crippen molar-refractivity contribution >= 4 is 18.0 Å². The van der Waals surface area contributed by atoms with Gasteiger partial charge in [0.1, 0.15) is 12.6 Å². The largest absolute Gasteiger partial charge is 0.465 e. The maximum atomic E-state index is 12.3. The number of ether oxygens (including phenoxy) is 5. The van der Waals surface area contributed by atoms with Crippen molar-refractivity contribution in [1.82, 2.24) is 10.6 Å². The number of carbonyl (C=O) groups excluding carboxylic acids is 3. The molecule has 2 N–H and O–H groups in total. The molecule has 1 aromatic heterocycles. The lowest BCUT2D eigenvalue weighted by Crippen LogP contribution is -2.41. The molecule has 1 aromatic rings. The lowest BCUT2D eigenvalue weighted by Gasteiger charge is -2.19. The number of esters is 1. The van der Waals surface area contributed by atoms with Crippen LogP contribution in [0.4, 0.5) is 4.79 Å². The van der Waals surface area contributed by atoms with Crippen LogP contribution in [-0.4, -0.2) is 83.4 Å². The Kier molecular flexibility index (Phi) is 14.5. The minimum absolute atomic E-state index is 0.276. The Hall–Kier alpha value is -2.76. The first-order valence-electron chi connectivity index (χ1n) is 11.7. The van der Waals surface area contributed by atoms with Crippen molar-refractivity contribution in [2.24, 2.45) is 7.05 Å². The van der Waals surface area contributed by atoms with E-state index in [0.717, 1.165) is 0 Å². The van der Waals surface area contributed by atoms with Gasteiger partial charge in [0.2, 0.25) is 0 Å². The van der Waals surface area contributed by atoms with E-state index < -0.39 is 17.7 Å². The lowest BCUT2D eigenvalue weighted by atomic mass is 10.2. The Balaban J connectivity index is 1.97. The first kappa shape index (κ1) is 30.3. The molecular formula is C24H40N3O8+. The monoisotopic (exact) mass is 498 g/mol. The molecule has 0 aliphatic rings. The predicted molar refractivity (Wildman–Crippen MR) is 127 cm³/mol. The van der Waals surface area contributed by atoms with Gasteiger partial charge < -0.3 is 34.3 Å². The van der Waals surface area contributed by atoms with Gasteiger partial charge in [-0.05, 0) is 33.6 Å². The first-order valence-corrected chi connectivity index (χ1v) is 11.7. The summed E-state index contributed by atoms with van der Waals surface area (Å²) in [5, 5.41) is 5.48. The van der Waals surface area contributed by atoms with Crippen LogP contribution in [0, 0.1) is 0 Å². The third-order valence-electron chi connectivity index (χ3n) is 4.43. The molecule has 0 aliphatic carbocycles. The summed E-state index contributed by atoms with van der Waals surface area (Å²) < 4.78 is 27.8. The highest BCUT2D eigenvalue weighted by Gasteiger charge is 2.19. The van der Waals surface area contributed by atoms with Crippen molar-refractivity contribution < 1.29 is 42.6 Å². The van der Waals surface area contributed by atoms with Gasteiger partial charge in [0.25, 0.3) is 5.69 Å². The van der Waals surface area contributed by atoms with E-state index in [0.29, 0.717) is 76.8 Å². The number of hydrogen-bond donors (Lipinski definition) is 2. The third kappa shape index (κ3) is 14.3. The van der Waals surface area contributed by atoms with Crippen LogP contribution in [-0.2, 0) is 30.7 Å². The highest BCUT2D eigenvalue weighted by Crippen LogP contribution is 2.06. The Morgan fingerprint density at radius 1 is 0.886 bits per heavy atom. The summed E-state index contributed by atoms with van der Waals surface area (Å²) in [6, 6.07) is 3.09. The smallest absolute Gasteiger partial charge is 0.407 e. The molecule has 0 atom stereocenters. The number of nitrogens with one attached hydrogen (secondary N) is 2. The summed E-state index contributed by atoms with van der Waals surface area (Å²) in [5.74, 6) is -0.767. The average Bonchev–Trinajstić information content (AvgIpc) is 2.80. The summed E-state index contributed by atoms with van der Waals surface area (Å²) >= 11 is 0. The van der Waals surface area contributed by atoms with Crippen molar-refractivity contribution in [1.29, 1.82) is 0 Å². The number of hydrogen-bond acceptors (Lipinski definition) is 8. The fraction of sp³-hybridized carbons (Fsp3) is 0.667. The van der Waals surface area contributed by atoms with E-state index in [-0.39, 0.29) is 5.91 Å². The van der Waals surface area contributed by atoms with E-state index in [4.69, 9.17) is 18.9 Å². The van der Waals surface area contributed by atoms with Crippen LogP contribution < -0.4 is 15.2 Å². The van der Waals surface area contributed by atoms with Crippen molar-refractivity contribution in [3.63, 3.8) is 0 Å². The minimum atomic E-state index is -0.503. The van der Waals surface area contributed by atoms with Gasteiger partial charge in [0.15, 0.2) is 6.20 Å². The van der Waals surface area contributed by atoms with Gasteiger partial charge in [0, 0.05) is 38.4 Å². The number of carbonyl (C=O) groups is 3. The van der Waals surface area contributed by atoms with E-state index in [1.54, 1.807) is 23.9 Å². The molecule has 35 heavy (non-hydrogen) atoms. The van der Waals surface area contributed by atoms with E-state index in [9.17, 15) is 14.4 Å². The number of nitrogens with zero attached hydrogens (tertiary/aromatic N) is 1. The minimum Gasteiger partial charge on any atom is -0.465 e. The molecule has 0 radical (unpaired) electrons. The highest BCUT2D eigenvalue weighted by molar-refractivity contribution is 5.95. The van der Waals surface area contributed by atoms with Crippen LogP contribution in [0.5, 0.6) is 0 Å². The number of rotatable bonds is 16. The maximum Gasteiger partial charge on any atom is 0.407 e. The van der Waals surface area contributed by atoms with Gasteiger partial charge in [-0.25, -0.2) is 9.59 Å². The second-order valence-corrected chi connectivity index (χ2v) is 8.63. The van der Waals surface area contributed by atoms with Crippen molar-refractivity contribution in [3.05, 3.63) is 29.6 Å². The Labute approximate surface area is 207 Å². The van der Waals surface area contributed by atoms with Crippen molar-refractivity contribution in [3.8, 4) is 0 Å². The summed E-state index contributed by atoms with van der Waals surface area (Å²) in [4.78, 5) is 35.5. The van der Waals surface area contributed by atoms with Crippen LogP contribution in [0.1, 0.15) is 54.5 Å². The summed E-state index contributed by atoms with van der Waals surface area (Å²) in [5.41, 5.74) is 0.181. The fourth-order valence-electron chi connectivity index (χ4n) is 2.73. The molecule has 0 saturated heterocycles. The van der Waals surface area contributed by atoms with Crippen LogP contribution in [0.3, 0.4) is 0 Å². The van der Waals surface area contributed by atoms with Crippen LogP contribution in [0.2, 0.25) is 0 Å². The molecule has 0 saturated carbocycles. The SMILES string of the molecule is COC(=O)c1cc[n+](C)c(C(=O)NCCCOCCOCCOCCCNC(=O)OC(C)(C)C)c1. The van der Waals surface area contributed by atoms with E-state index >= 15 is 0 Å². The molecule has 0 fully saturated rings. The summed E-state index contributed by atoms with van der Waals surface area (Å²) in [6.45, 7) is 9.21. The van der Waals surface area contributed by atoms with Crippen LogP contribution in [0.15, 0.2) is 18.3 Å². The Bertz CT molecular complexity index is 795. The summed E-state index contributed by atoms with van der Waals surface area (Å²) in [7, 11) is 3.03. The van der Waals surface area contributed by atoms with E-state index in [1.165, 1.54) is 13.2 Å². The number of pyridine rings is 1. The first-order chi connectivity index (χ1) is 16.6. The lowest BCUT2D eigenvalue weighted by molar-refractivity contribution is -0.673. The summed E-state index contributed by atoms with van der Waals surface area (Å²) in [6.07, 6.45) is 2.54. The molecule has 2 amide bonds. The standard InChI is InChI=1S/C24H39N3O8/c1-24(2,3)35-23(30)26-10-7-13-33-15-17-34-16-14-32-12-6-9-25-21(28)20-18-19(22(29)31-5)8-11-27(20)4/h8,11,18H,6-7,9-10,12-17H2,1-5H3,(H-,25,26,28,30)/p+1. The molecule has 0 spiro atoms. The Morgan fingerprint density at radius 3 is 1.97 bits per heavy atom. The van der Waals surface area contributed by atoms with Crippen molar-refractivity contribution in [2.45, 2.75) is 39.2 Å². The molecule has 0 aliphatic heterocycles. The highest BCUT2D eigenvalue weighted by atomic mass is 16.6. The molecule has 1 rings (SSSR count). The predicted octanol–water partition coefficient (Wildman–Crippen LogP) is 1.38. The van der Waals surface area contributed by atoms with Gasteiger partial charge >= 0.3 is 18.0 Å². The van der Waals surface area contributed by atoms with E-state index in [2.05, 4.69) is 15.4 Å². The van der Waals surface area contributed by atoms with Gasteiger partial charge in [-0.2, -0.15) is 4.57 Å². The molecule has 0 bridgehead atoms. The number of aryl methyl sites for hydroxylation is 1. The van der Waals surface area contributed by atoms with Crippen LogP contribution in [0.25, 0.3) is 0 Å². The fourth-order valence-corrected chi connectivity index (χ4v) is 2.73. The molecule has 11 heteroatoms. The Morgan fingerprint density at radius 2 is 1.43 bits per heavy atom. The number of methoxy groups -OCH3 is 1. The molecule has 11 nitrogen and oxygen atoms in total. The molecule has 198 valence electrons. The molecule has 0 aromatic carbocycles. The maximum absolute atomic E-state index is 12.3. The van der Waals surface area contributed by atoms with E-state index in [1.807, 2.05) is 20.8 Å². The zero-order chi connectivity index (χ0) is 26.1. The third-order valence-corrected chi connectivity index (χ3v) is 4.43. The number of alkyl carbamates (subject to hydrolysis) is 1. The molecule has 0 unspecified atom stereocenters. The second kappa shape index (κ2) is 16.8. The van der Waals surface area contributed by atoms with Gasteiger partial charge in [-0.3, -0.25) is 4.79 Å². The quantitative estimate of drug-likeness (QED) is 0.199. The van der Waals surface area contributed by atoms with Gasteiger partial charge in [-0.1, -0.05) is 0 Å². The topological polar surface area (TPSA) is 125 Å². The zero-order valence-corrected chi connectivity index (χ0v) is 21.5. The second-order valence-electron chi connectivity index (χ2n) is 8.63. The normalized spacial score (nSPS) is 11.1. The van der Waals surface area contributed by atoms with Crippen molar-refractivity contribution in [2.75, 3.05) is 59.8 Å². The number of amides is 2. The number of aromatic nitrogens is 1. The molecular weight excluding hydrogens is 458 g/mol. The molecule has 1 heterocycles. The van der Waals surface area contributed by atoms with Crippen LogP contribution >= 0.6 is 0 Å². The zero-order valence-electron chi connectivity index (χ0n) is 21.5. The van der Waals surface area contributed by atoms with Gasteiger partial charge in [0.05, 0.1) is 39.1 Å². The van der Waals surface area contributed by atoms with Gasteiger partial charge in [-0.15, -0.1) is 0 Å².